The summed E-state index contributed by atoms with van der Waals surface area (Å²) in [4.78, 5) is 0. The SMILES string of the molecule is Cc1c(C(C)(C)C)cc(F)n1C. The van der Waals surface area contributed by atoms with Crippen LogP contribution in [-0.2, 0) is 12.5 Å². The van der Waals surface area contributed by atoms with Crippen molar-refractivity contribution in [1.29, 1.82) is 0 Å². The maximum atomic E-state index is 13.1. The van der Waals surface area contributed by atoms with E-state index in [9.17, 15) is 4.39 Å². The van der Waals surface area contributed by atoms with Crippen LogP contribution in [0.25, 0.3) is 0 Å². The van der Waals surface area contributed by atoms with Crippen molar-refractivity contribution in [3.63, 3.8) is 0 Å². The Bertz CT molecular complexity index is 292. The molecule has 1 aromatic rings. The summed E-state index contributed by atoms with van der Waals surface area (Å²) in [7, 11) is 1.75. The van der Waals surface area contributed by atoms with Crippen LogP contribution in [0.15, 0.2) is 6.07 Å². The second-order valence-electron chi connectivity index (χ2n) is 4.28. The number of hydrogen-bond donors (Lipinski definition) is 0. The highest BCUT2D eigenvalue weighted by Gasteiger charge is 2.20. The second kappa shape index (κ2) is 2.61. The van der Waals surface area contributed by atoms with Gasteiger partial charge < -0.3 is 4.57 Å². The molecule has 0 fully saturated rings. The Balaban J connectivity index is 3.28. The monoisotopic (exact) mass is 169 g/mol. The van der Waals surface area contributed by atoms with E-state index >= 15 is 0 Å². The van der Waals surface area contributed by atoms with Crippen LogP contribution in [-0.4, -0.2) is 4.57 Å². The van der Waals surface area contributed by atoms with Crippen molar-refractivity contribution >= 4 is 0 Å². The molecule has 1 aromatic heterocycles. The first-order valence-electron chi connectivity index (χ1n) is 4.16. The summed E-state index contributed by atoms with van der Waals surface area (Å²) in [5.41, 5.74) is 2.13. The first-order valence-corrected chi connectivity index (χ1v) is 4.16. The molecule has 0 unspecified atom stereocenters. The van der Waals surface area contributed by atoms with E-state index < -0.39 is 0 Å². The number of aromatic nitrogens is 1. The number of hydrogen-bond acceptors (Lipinski definition) is 0. The summed E-state index contributed by atoms with van der Waals surface area (Å²) in [5.74, 6) is -0.155. The molecule has 2 heteroatoms. The van der Waals surface area contributed by atoms with Gasteiger partial charge in [-0.05, 0) is 24.0 Å². The molecule has 0 spiro atoms. The van der Waals surface area contributed by atoms with E-state index in [4.69, 9.17) is 0 Å². The molecule has 0 aliphatic heterocycles. The smallest absolute Gasteiger partial charge is 0.193 e. The van der Waals surface area contributed by atoms with E-state index in [0.29, 0.717) is 0 Å². The van der Waals surface area contributed by atoms with Crippen LogP contribution in [0, 0.1) is 12.9 Å². The fourth-order valence-corrected chi connectivity index (χ4v) is 1.42. The molecule has 0 radical (unpaired) electrons. The maximum absolute atomic E-state index is 13.1. The summed E-state index contributed by atoms with van der Waals surface area (Å²) in [6.45, 7) is 8.22. The topological polar surface area (TPSA) is 4.93 Å². The van der Waals surface area contributed by atoms with Gasteiger partial charge in [-0.25, -0.2) is 0 Å². The molecule has 0 aliphatic rings. The highest BCUT2D eigenvalue weighted by Crippen LogP contribution is 2.27. The van der Waals surface area contributed by atoms with Gasteiger partial charge in [0.05, 0.1) is 0 Å². The van der Waals surface area contributed by atoms with Gasteiger partial charge in [0.25, 0.3) is 0 Å². The van der Waals surface area contributed by atoms with Crippen LogP contribution in [0.4, 0.5) is 4.39 Å². The lowest BCUT2D eigenvalue weighted by atomic mass is 9.87. The highest BCUT2D eigenvalue weighted by atomic mass is 19.1. The Morgan fingerprint density at radius 2 is 1.83 bits per heavy atom. The average Bonchev–Trinajstić information content (AvgIpc) is 2.15. The second-order valence-corrected chi connectivity index (χ2v) is 4.28. The van der Waals surface area contributed by atoms with Crippen molar-refractivity contribution in [2.45, 2.75) is 33.1 Å². The number of rotatable bonds is 0. The maximum Gasteiger partial charge on any atom is 0.193 e. The molecule has 0 aliphatic carbocycles. The van der Waals surface area contributed by atoms with Crippen LogP contribution in [0.1, 0.15) is 32.0 Å². The van der Waals surface area contributed by atoms with Gasteiger partial charge >= 0.3 is 0 Å². The summed E-state index contributed by atoms with van der Waals surface area (Å²) < 4.78 is 14.7. The minimum Gasteiger partial charge on any atom is -0.325 e. The zero-order valence-electron chi connectivity index (χ0n) is 8.40. The molecule has 68 valence electrons. The zero-order chi connectivity index (χ0) is 9.52. The largest absolute Gasteiger partial charge is 0.325 e. The van der Waals surface area contributed by atoms with Gasteiger partial charge in [-0.15, -0.1) is 0 Å². The van der Waals surface area contributed by atoms with E-state index in [1.165, 1.54) is 0 Å². The lowest BCUT2D eigenvalue weighted by Crippen LogP contribution is -2.12. The van der Waals surface area contributed by atoms with Gasteiger partial charge in [0.1, 0.15) is 0 Å². The Kier molecular flexibility index (Phi) is 2.02. The predicted octanol–water partition coefficient (Wildman–Crippen LogP) is 2.77. The minimum absolute atomic E-state index is 0.0339. The van der Waals surface area contributed by atoms with Crippen molar-refractivity contribution in [2.75, 3.05) is 0 Å². The molecule has 0 N–H and O–H groups in total. The van der Waals surface area contributed by atoms with Crippen LogP contribution in [0.5, 0.6) is 0 Å². The summed E-state index contributed by atoms with van der Waals surface area (Å²) in [6.07, 6.45) is 0. The zero-order valence-corrected chi connectivity index (χ0v) is 8.40. The van der Waals surface area contributed by atoms with Gasteiger partial charge in [-0.2, -0.15) is 4.39 Å². The molecule has 1 heterocycles. The summed E-state index contributed by atoms with van der Waals surface area (Å²) >= 11 is 0. The Morgan fingerprint density at radius 3 is 2.00 bits per heavy atom. The quantitative estimate of drug-likeness (QED) is 0.562. The van der Waals surface area contributed by atoms with Gasteiger partial charge in [0.15, 0.2) is 5.95 Å². The molecule has 0 bridgehead atoms. The van der Waals surface area contributed by atoms with Crippen molar-refractivity contribution in [3.8, 4) is 0 Å². The lowest BCUT2D eigenvalue weighted by molar-refractivity contribution is 0.530. The van der Waals surface area contributed by atoms with Gasteiger partial charge in [-0.1, -0.05) is 20.8 Å². The van der Waals surface area contributed by atoms with Crippen molar-refractivity contribution in [3.05, 3.63) is 23.3 Å². The van der Waals surface area contributed by atoms with Gasteiger partial charge in [-0.3, -0.25) is 0 Å². The van der Waals surface area contributed by atoms with Crippen LogP contribution in [0.3, 0.4) is 0 Å². The molecule has 0 amide bonds. The third-order valence-electron chi connectivity index (χ3n) is 2.28. The van der Waals surface area contributed by atoms with Crippen LogP contribution in [0.2, 0.25) is 0 Å². The highest BCUT2D eigenvalue weighted by molar-refractivity contribution is 5.28. The average molecular weight is 169 g/mol. The summed E-state index contributed by atoms with van der Waals surface area (Å²) in [5, 5.41) is 0. The standard InChI is InChI=1S/C10H16FN/c1-7-8(10(2,3)4)6-9(11)12(7)5/h6H,1-5H3. The molecule has 0 atom stereocenters. The van der Waals surface area contributed by atoms with E-state index in [0.717, 1.165) is 11.3 Å². The van der Waals surface area contributed by atoms with E-state index in [2.05, 4.69) is 20.8 Å². The first kappa shape index (κ1) is 9.30. The van der Waals surface area contributed by atoms with E-state index in [1.54, 1.807) is 17.7 Å². The number of nitrogens with zero attached hydrogens (tertiary/aromatic N) is 1. The molecule has 0 aromatic carbocycles. The van der Waals surface area contributed by atoms with Gasteiger partial charge in [0.2, 0.25) is 0 Å². The van der Waals surface area contributed by atoms with Gasteiger partial charge in [0, 0.05) is 12.7 Å². The fourth-order valence-electron chi connectivity index (χ4n) is 1.42. The molecule has 1 nitrogen and oxygen atoms in total. The first-order chi connectivity index (χ1) is 5.34. The minimum atomic E-state index is -0.155. The van der Waals surface area contributed by atoms with Crippen LogP contribution >= 0.6 is 0 Å². The van der Waals surface area contributed by atoms with E-state index in [1.807, 2.05) is 6.92 Å². The molecule has 0 saturated carbocycles. The third-order valence-corrected chi connectivity index (χ3v) is 2.28. The van der Waals surface area contributed by atoms with Crippen molar-refractivity contribution in [2.24, 2.45) is 7.05 Å². The molecule has 0 saturated heterocycles. The molecule has 1 rings (SSSR count). The number of halogens is 1. The Labute approximate surface area is 73.2 Å². The van der Waals surface area contributed by atoms with E-state index in [-0.39, 0.29) is 11.4 Å². The molecule has 12 heavy (non-hydrogen) atoms. The van der Waals surface area contributed by atoms with Crippen LogP contribution < -0.4 is 0 Å². The molecular formula is C10H16FN. The Hall–Kier alpha value is -0.790. The summed E-state index contributed by atoms with van der Waals surface area (Å²) in [6, 6.07) is 1.62. The predicted molar refractivity (Wildman–Crippen MR) is 48.8 cm³/mol. The normalized spacial score (nSPS) is 12.2. The fraction of sp³-hybridized carbons (Fsp3) is 0.600. The van der Waals surface area contributed by atoms with Crippen molar-refractivity contribution in [1.82, 2.24) is 4.57 Å². The van der Waals surface area contributed by atoms with Crippen molar-refractivity contribution < 1.29 is 4.39 Å². The third kappa shape index (κ3) is 1.38. The lowest BCUT2D eigenvalue weighted by Gasteiger charge is -2.18. The Morgan fingerprint density at radius 1 is 1.33 bits per heavy atom. The molecular weight excluding hydrogens is 153 g/mol.